The smallest absolute Gasteiger partial charge is 0.122 e. The molecule has 3 rings (SSSR count). The predicted molar refractivity (Wildman–Crippen MR) is 92.2 cm³/mol. The number of hydrogen-bond acceptors (Lipinski definition) is 2. The van der Waals surface area contributed by atoms with Crippen LogP contribution in [0.4, 0.5) is 5.69 Å². The van der Waals surface area contributed by atoms with Gasteiger partial charge in [-0.25, -0.2) is 0 Å². The van der Waals surface area contributed by atoms with Crippen LogP contribution in [0.3, 0.4) is 0 Å². The van der Waals surface area contributed by atoms with E-state index in [0.717, 1.165) is 17.0 Å². The first-order valence-electron chi connectivity index (χ1n) is 7.63. The molecule has 0 aliphatic rings. The van der Waals surface area contributed by atoms with Crippen LogP contribution in [-0.4, -0.2) is 4.57 Å². The normalized spacial score (nSPS) is 11.3. The van der Waals surface area contributed by atoms with Crippen LogP contribution in [0, 0.1) is 6.92 Å². The fraction of sp³-hybridized carbons (Fsp3) is 0.263. The van der Waals surface area contributed by atoms with Crippen LogP contribution >= 0.6 is 0 Å². The van der Waals surface area contributed by atoms with Crippen LogP contribution in [0.5, 0.6) is 5.75 Å². The molecule has 1 heterocycles. The Kier molecular flexibility index (Phi) is 3.80. The van der Waals surface area contributed by atoms with E-state index in [2.05, 4.69) is 43.7 Å². The maximum Gasteiger partial charge on any atom is 0.122 e. The van der Waals surface area contributed by atoms with E-state index in [9.17, 15) is 0 Å². The number of rotatable bonds is 4. The molecule has 0 unspecified atom stereocenters. The SMILES string of the molecule is Cc1ccccc1OCc1cn(C(C)C)c2cc(N)ccc12. The van der Waals surface area contributed by atoms with E-state index in [1.54, 1.807) is 0 Å². The molecule has 114 valence electrons. The van der Waals surface area contributed by atoms with Gasteiger partial charge in [0.15, 0.2) is 0 Å². The molecule has 1 aromatic heterocycles. The number of anilines is 1. The molecule has 0 saturated heterocycles. The lowest BCUT2D eigenvalue weighted by Crippen LogP contribution is -1.99. The zero-order valence-corrected chi connectivity index (χ0v) is 13.3. The molecule has 0 amide bonds. The highest BCUT2D eigenvalue weighted by molar-refractivity contribution is 5.86. The highest BCUT2D eigenvalue weighted by Crippen LogP contribution is 2.28. The molecule has 2 N–H and O–H groups in total. The second-order valence-electron chi connectivity index (χ2n) is 5.99. The van der Waals surface area contributed by atoms with Crippen molar-refractivity contribution in [3.05, 3.63) is 59.8 Å². The minimum Gasteiger partial charge on any atom is -0.489 e. The summed E-state index contributed by atoms with van der Waals surface area (Å²) in [4.78, 5) is 0. The van der Waals surface area contributed by atoms with E-state index in [1.807, 2.05) is 30.3 Å². The number of nitrogens with zero attached hydrogens (tertiary/aromatic N) is 1. The van der Waals surface area contributed by atoms with Crippen LogP contribution in [0.25, 0.3) is 10.9 Å². The third-order valence-electron chi connectivity index (χ3n) is 3.97. The second kappa shape index (κ2) is 5.76. The van der Waals surface area contributed by atoms with Gasteiger partial charge >= 0.3 is 0 Å². The molecule has 0 spiro atoms. The Balaban J connectivity index is 1.96. The Morgan fingerprint density at radius 2 is 1.91 bits per heavy atom. The van der Waals surface area contributed by atoms with Crippen molar-refractivity contribution in [1.82, 2.24) is 4.57 Å². The van der Waals surface area contributed by atoms with Crippen molar-refractivity contribution < 1.29 is 4.74 Å². The first-order valence-corrected chi connectivity index (χ1v) is 7.63. The molecule has 22 heavy (non-hydrogen) atoms. The largest absolute Gasteiger partial charge is 0.489 e. The average Bonchev–Trinajstić information content (AvgIpc) is 2.84. The van der Waals surface area contributed by atoms with Gasteiger partial charge < -0.3 is 15.0 Å². The van der Waals surface area contributed by atoms with E-state index in [0.29, 0.717) is 12.6 Å². The maximum absolute atomic E-state index is 6.01. The maximum atomic E-state index is 6.01. The highest BCUT2D eigenvalue weighted by Gasteiger charge is 2.11. The third kappa shape index (κ3) is 2.67. The fourth-order valence-electron chi connectivity index (χ4n) is 2.76. The van der Waals surface area contributed by atoms with Gasteiger partial charge in [-0.3, -0.25) is 0 Å². The lowest BCUT2D eigenvalue weighted by atomic mass is 10.1. The standard InChI is InChI=1S/C19H22N2O/c1-13(2)21-11-15(17-9-8-16(20)10-18(17)21)12-22-19-7-5-4-6-14(19)3/h4-11,13H,12,20H2,1-3H3. The van der Waals surface area contributed by atoms with Gasteiger partial charge in [0.1, 0.15) is 12.4 Å². The minimum atomic E-state index is 0.386. The van der Waals surface area contributed by atoms with Gasteiger partial charge in [-0.15, -0.1) is 0 Å². The van der Waals surface area contributed by atoms with Crippen molar-refractivity contribution in [2.24, 2.45) is 0 Å². The summed E-state index contributed by atoms with van der Waals surface area (Å²) in [6.07, 6.45) is 2.17. The van der Waals surface area contributed by atoms with Crippen LogP contribution in [0.2, 0.25) is 0 Å². The summed E-state index contributed by atoms with van der Waals surface area (Å²) in [5.74, 6) is 0.934. The zero-order valence-electron chi connectivity index (χ0n) is 13.3. The molecule has 0 radical (unpaired) electrons. The number of para-hydroxylation sites is 1. The second-order valence-corrected chi connectivity index (χ2v) is 5.99. The Morgan fingerprint density at radius 1 is 1.14 bits per heavy atom. The first-order chi connectivity index (χ1) is 10.6. The number of aryl methyl sites for hydroxylation is 1. The van der Waals surface area contributed by atoms with Crippen molar-refractivity contribution in [2.45, 2.75) is 33.4 Å². The molecular formula is C19H22N2O. The Hall–Kier alpha value is -2.42. The van der Waals surface area contributed by atoms with E-state index in [4.69, 9.17) is 10.5 Å². The van der Waals surface area contributed by atoms with E-state index < -0.39 is 0 Å². The molecule has 0 fully saturated rings. The molecule has 0 aliphatic carbocycles. The van der Waals surface area contributed by atoms with Crippen molar-refractivity contribution in [3.8, 4) is 5.75 Å². The van der Waals surface area contributed by atoms with Gasteiger partial charge in [0.05, 0.1) is 5.52 Å². The molecule has 3 aromatic rings. The Morgan fingerprint density at radius 3 is 2.64 bits per heavy atom. The Labute approximate surface area is 131 Å². The average molecular weight is 294 g/mol. The number of fused-ring (bicyclic) bond motifs is 1. The van der Waals surface area contributed by atoms with E-state index in [1.165, 1.54) is 16.5 Å². The molecule has 0 aliphatic heterocycles. The van der Waals surface area contributed by atoms with Crippen LogP contribution < -0.4 is 10.5 Å². The van der Waals surface area contributed by atoms with Crippen LogP contribution in [-0.2, 0) is 6.61 Å². The molecule has 3 heteroatoms. The Bertz CT molecular complexity index is 802. The molecular weight excluding hydrogens is 272 g/mol. The van der Waals surface area contributed by atoms with Crippen LogP contribution in [0.1, 0.15) is 31.0 Å². The summed E-state index contributed by atoms with van der Waals surface area (Å²) in [6.45, 7) is 6.97. The number of ether oxygens (including phenoxy) is 1. The number of nitrogens with two attached hydrogens (primary N) is 1. The monoisotopic (exact) mass is 294 g/mol. The predicted octanol–water partition coefficient (Wildman–Crippen LogP) is 4.69. The van der Waals surface area contributed by atoms with Gasteiger partial charge in [-0.1, -0.05) is 24.3 Å². The van der Waals surface area contributed by atoms with Gasteiger partial charge in [0.2, 0.25) is 0 Å². The van der Waals surface area contributed by atoms with Crippen molar-refractivity contribution in [3.63, 3.8) is 0 Å². The topological polar surface area (TPSA) is 40.2 Å². The number of benzene rings is 2. The quantitative estimate of drug-likeness (QED) is 0.709. The van der Waals surface area contributed by atoms with Gasteiger partial charge in [0, 0.05) is 28.9 Å². The summed E-state index contributed by atoms with van der Waals surface area (Å²) in [6, 6.07) is 14.5. The molecule has 0 saturated carbocycles. The molecule has 0 bridgehead atoms. The number of nitrogen functional groups attached to an aromatic ring is 1. The first kappa shape index (κ1) is 14.5. The zero-order chi connectivity index (χ0) is 15.7. The third-order valence-corrected chi connectivity index (χ3v) is 3.97. The van der Waals surface area contributed by atoms with E-state index >= 15 is 0 Å². The summed E-state index contributed by atoms with van der Waals surface area (Å²) in [7, 11) is 0. The van der Waals surface area contributed by atoms with Gasteiger partial charge in [-0.2, -0.15) is 0 Å². The fourth-order valence-corrected chi connectivity index (χ4v) is 2.76. The van der Waals surface area contributed by atoms with Gasteiger partial charge in [0.25, 0.3) is 0 Å². The summed E-state index contributed by atoms with van der Waals surface area (Å²) in [5.41, 5.74) is 10.2. The van der Waals surface area contributed by atoms with Gasteiger partial charge in [-0.05, 0) is 44.5 Å². The van der Waals surface area contributed by atoms with Crippen molar-refractivity contribution >= 4 is 16.6 Å². The lowest BCUT2D eigenvalue weighted by molar-refractivity contribution is 0.305. The summed E-state index contributed by atoms with van der Waals surface area (Å²) >= 11 is 0. The van der Waals surface area contributed by atoms with Crippen molar-refractivity contribution in [1.29, 1.82) is 0 Å². The molecule has 0 atom stereocenters. The summed E-state index contributed by atoms with van der Waals surface area (Å²) in [5, 5.41) is 1.21. The lowest BCUT2D eigenvalue weighted by Gasteiger charge is -2.09. The highest BCUT2D eigenvalue weighted by atomic mass is 16.5. The van der Waals surface area contributed by atoms with E-state index in [-0.39, 0.29) is 0 Å². The van der Waals surface area contributed by atoms with Crippen molar-refractivity contribution in [2.75, 3.05) is 5.73 Å². The number of hydrogen-bond donors (Lipinski definition) is 1. The van der Waals surface area contributed by atoms with Crippen LogP contribution in [0.15, 0.2) is 48.7 Å². The minimum absolute atomic E-state index is 0.386. The summed E-state index contributed by atoms with van der Waals surface area (Å²) < 4.78 is 8.26. The number of aromatic nitrogens is 1. The molecule has 2 aromatic carbocycles. The molecule has 3 nitrogen and oxygen atoms in total.